The highest BCUT2D eigenvalue weighted by Crippen LogP contribution is 2.38. The molecule has 1 saturated heterocycles. The van der Waals surface area contributed by atoms with Gasteiger partial charge in [0.25, 0.3) is 5.91 Å². The molecule has 11 heteroatoms. The largest absolute Gasteiger partial charge is 0.391 e. The number of halogens is 1. The number of amides is 1. The molecule has 3 unspecified atom stereocenters. The topological polar surface area (TPSA) is 143 Å². The number of fused-ring (bicyclic) bond motifs is 2. The Kier molecular flexibility index (Phi) is 9.81. The Labute approximate surface area is 250 Å². The molecule has 0 radical (unpaired) electrons. The lowest BCUT2D eigenvalue weighted by molar-refractivity contribution is -0.108. The number of hydrogen-bond acceptors (Lipinski definition) is 9. The standard InChI is InChI=1S/C21H24ClN5O3.C10H13NO/c22-17-12-24-21(25-14-4-9-30-10-5-14)26-19(17)13-1-2-15-16(11-13)20(29)27(7-8-28)18(15)3-6-23;1-11-10-8-5-3-2-4-7(8)6-9(10)12/h1-2,8,11-12,14,18H,3-7,9-10,23H2,(H,24,25,26);2-5,9-12H,6H2,1H3. The average molecular weight is 593 g/mol. The van der Waals surface area contributed by atoms with Gasteiger partial charge in [-0.2, -0.15) is 0 Å². The van der Waals surface area contributed by atoms with Crippen LogP contribution in [0.15, 0.2) is 48.7 Å². The fourth-order valence-electron chi connectivity index (χ4n) is 5.99. The lowest BCUT2D eigenvalue weighted by Crippen LogP contribution is -2.31. The molecule has 5 N–H and O–H groups in total. The van der Waals surface area contributed by atoms with Crippen LogP contribution in [-0.4, -0.2) is 77.7 Å². The summed E-state index contributed by atoms with van der Waals surface area (Å²) in [7, 11) is 1.88. The van der Waals surface area contributed by atoms with Crippen molar-refractivity contribution in [3.8, 4) is 11.3 Å². The van der Waals surface area contributed by atoms with Crippen LogP contribution in [-0.2, 0) is 16.0 Å². The molecule has 1 amide bonds. The van der Waals surface area contributed by atoms with Crippen LogP contribution in [0.3, 0.4) is 0 Å². The van der Waals surface area contributed by atoms with Crippen molar-refractivity contribution >= 4 is 29.7 Å². The summed E-state index contributed by atoms with van der Waals surface area (Å²) in [5.74, 6) is 0.319. The minimum absolute atomic E-state index is 0.0426. The van der Waals surface area contributed by atoms with Crippen LogP contribution in [0.25, 0.3) is 11.3 Å². The Morgan fingerprint density at radius 2 is 1.98 bits per heavy atom. The van der Waals surface area contributed by atoms with Gasteiger partial charge in [0.05, 0.1) is 41.6 Å². The number of carbonyl (C=O) groups is 2. The first kappa shape index (κ1) is 30.1. The molecule has 2 aliphatic heterocycles. The minimum atomic E-state index is -0.257. The van der Waals surface area contributed by atoms with Crippen LogP contribution in [0.5, 0.6) is 0 Å². The van der Waals surface area contributed by atoms with Gasteiger partial charge in [-0.25, -0.2) is 9.97 Å². The zero-order chi connectivity index (χ0) is 29.6. The summed E-state index contributed by atoms with van der Waals surface area (Å²) in [5, 5.41) is 16.5. The highest BCUT2D eigenvalue weighted by Gasteiger charge is 2.36. The molecule has 3 aromatic rings. The van der Waals surface area contributed by atoms with Gasteiger partial charge in [0.1, 0.15) is 6.29 Å². The number of nitrogens with two attached hydrogens (primary N) is 1. The van der Waals surface area contributed by atoms with Gasteiger partial charge in [0.15, 0.2) is 0 Å². The Bertz CT molecular complexity index is 1420. The fourth-order valence-corrected chi connectivity index (χ4v) is 6.19. The molecule has 6 rings (SSSR count). The predicted molar refractivity (Wildman–Crippen MR) is 161 cm³/mol. The number of benzene rings is 2. The molecule has 0 saturated carbocycles. The van der Waals surface area contributed by atoms with Crippen LogP contribution in [0, 0.1) is 0 Å². The normalized spacial score (nSPS) is 21.4. The molecule has 42 heavy (non-hydrogen) atoms. The van der Waals surface area contributed by atoms with E-state index in [9.17, 15) is 14.7 Å². The lowest BCUT2D eigenvalue weighted by atomic mass is 9.98. The van der Waals surface area contributed by atoms with Crippen molar-refractivity contribution in [1.82, 2.24) is 20.2 Å². The second kappa shape index (κ2) is 13.7. The third-order valence-electron chi connectivity index (χ3n) is 8.08. The first-order valence-electron chi connectivity index (χ1n) is 14.3. The summed E-state index contributed by atoms with van der Waals surface area (Å²) in [5.41, 5.74) is 11.0. The quantitative estimate of drug-likeness (QED) is 0.290. The van der Waals surface area contributed by atoms with Crippen molar-refractivity contribution in [1.29, 1.82) is 0 Å². The molecule has 1 fully saturated rings. The third kappa shape index (κ3) is 6.33. The number of hydrogen-bond donors (Lipinski definition) is 4. The van der Waals surface area contributed by atoms with E-state index in [0.29, 0.717) is 48.4 Å². The lowest BCUT2D eigenvalue weighted by Gasteiger charge is -2.23. The Morgan fingerprint density at radius 1 is 1.19 bits per heavy atom. The van der Waals surface area contributed by atoms with Crippen molar-refractivity contribution in [2.24, 2.45) is 5.73 Å². The van der Waals surface area contributed by atoms with Crippen LogP contribution in [0.2, 0.25) is 5.02 Å². The average Bonchev–Trinajstić information content (AvgIpc) is 3.47. The number of likely N-dealkylation sites (N-methyl/N-ethyl adjacent to an activating group) is 1. The fraction of sp³-hybridized carbons (Fsp3) is 0.419. The smallest absolute Gasteiger partial charge is 0.255 e. The Hall–Kier alpha value is -3.41. The maximum atomic E-state index is 12.9. The van der Waals surface area contributed by atoms with E-state index < -0.39 is 0 Å². The van der Waals surface area contributed by atoms with Crippen LogP contribution in [0.4, 0.5) is 5.95 Å². The van der Waals surface area contributed by atoms with Gasteiger partial charge in [-0.15, -0.1) is 0 Å². The second-order valence-corrected chi connectivity index (χ2v) is 11.1. The van der Waals surface area contributed by atoms with Crippen molar-refractivity contribution in [3.05, 3.63) is 75.9 Å². The minimum Gasteiger partial charge on any atom is -0.391 e. The molecule has 1 aromatic heterocycles. The molecule has 3 aliphatic rings. The SMILES string of the molecule is CNC1c2ccccc2CC1O.NCCC1c2ccc(-c3nc(NC4CCOCC4)ncc3Cl)cc2C(=O)N1CC=O. The molecular weight excluding hydrogens is 556 g/mol. The molecule has 2 aromatic carbocycles. The highest BCUT2D eigenvalue weighted by molar-refractivity contribution is 6.33. The Balaban J connectivity index is 0.000000244. The summed E-state index contributed by atoms with van der Waals surface area (Å²) in [6.45, 7) is 1.90. The predicted octanol–water partition coefficient (Wildman–Crippen LogP) is 3.30. The van der Waals surface area contributed by atoms with E-state index >= 15 is 0 Å². The van der Waals surface area contributed by atoms with E-state index in [-0.39, 0.29) is 36.7 Å². The van der Waals surface area contributed by atoms with Gasteiger partial charge in [0.2, 0.25) is 5.95 Å². The van der Waals surface area contributed by atoms with Crippen molar-refractivity contribution in [3.63, 3.8) is 0 Å². The number of carbonyl (C=O) groups excluding carboxylic acids is 2. The number of anilines is 1. The van der Waals surface area contributed by atoms with Gasteiger partial charge in [0, 0.05) is 36.8 Å². The van der Waals surface area contributed by atoms with E-state index in [1.54, 1.807) is 17.2 Å². The number of nitrogens with one attached hydrogen (secondary N) is 2. The molecule has 10 nitrogen and oxygen atoms in total. The second-order valence-electron chi connectivity index (χ2n) is 10.7. The summed E-state index contributed by atoms with van der Waals surface area (Å²) in [6, 6.07) is 14.0. The van der Waals surface area contributed by atoms with Gasteiger partial charge in [-0.05, 0) is 55.6 Å². The maximum Gasteiger partial charge on any atom is 0.255 e. The number of rotatable bonds is 8. The molecule has 3 heterocycles. The number of aliphatic hydroxyl groups is 1. The van der Waals surface area contributed by atoms with Crippen LogP contribution >= 0.6 is 11.6 Å². The molecule has 3 atom stereocenters. The molecular formula is C31H37ClN6O4. The summed E-state index contributed by atoms with van der Waals surface area (Å²) in [4.78, 5) is 34.4. The van der Waals surface area contributed by atoms with E-state index in [0.717, 1.165) is 36.7 Å². The van der Waals surface area contributed by atoms with Crippen LogP contribution in [0.1, 0.15) is 58.4 Å². The van der Waals surface area contributed by atoms with Gasteiger partial charge >= 0.3 is 0 Å². The maximum absolute atomic E-state index is 12.9. The number of nitrogens with zero attached hydrogens (tertiary/aromatic N) is 3. The molecule has 0 bridgehead atoms. The number of aliphatic hydroxyl groups excluding tert-OH is 1. The number of aromatic nitrogens is 2. The van der Waals surface area contributed by atoms with E-state index in [4.69, 9.17) is 22.1 Å². The Morgan fingerprint density at radius 3 is 2.71 bits per heavy atom. The van der Waals surface area contributed by atoms with Gasteiger partial charge < -0.3 is 35.9 Å². The first-order chi connectivity index (χ1) is 20.4. The first-order valence-corrected chi connectivity index (χ1v) is 14.7. The van der Waals surface area contributed by atoms with Gasteiger partial charge in [-0.3, -0.25) is 4.79 Å². The third-order valence-corrected chi connectivity index (χ3v) is 8.35. The van der Waals surface area contributed by atoms with E-state index in [1.807, 2.05) is 31.3 Å². The summed E-state index contributed by atoms with van der Waals surface area (Å²) >= 11 is 6.39. The van der Waals surface area contributed by atoms with Crippen molar-refractivity contribution in [2.45, 2.75) is 49.9 Å². The van der Waals surface area contributed by atoms with Gasteiger partial charge in [-0.1, -0.05) is 48.0 Å². The molecule has 1 aliphatic carbocycles. The summed E-state index contributed by atoms with van der Waals surface area (Å²) < 4.78 is 5.39. The molecule has 222 valence electrons. The zero-order valence-electron chi connectivity index (χ0n) is 23.6. The summed E-state index contributed by atoms with van der Waals surface area (Å²) in [6.07, 6.45) is 5.21. The van der Waals surface area contributed by atoms with Crippen LogP contribution < -0.4 is 16.4 Å². The van der Waals surface area contributed by atoms with E-state index in [2.05, 4.69) is 32.7 Å². The monoisotopic (exact) mass is 592 g/mol. The van der Waals surface area contributed by atoms with Crippen molar-refractivity contribution < 1.29 is 19.4 Å². The highest BCUT2D eigenvalue weighted by atomic mass is 35.5. The molecule has 0 spiro atoms. The zero-order valence-corrected chi connectivity index (χ0v) is 24.4. The number of aldehydes is 1. The van der Waals surface area contributed by atoms with Crippen molar-refractivity contribution in [2.75, 3.05) is 38.7 Å². The van der Waals surface area contributed by atoms with E-state index in [1.165, 1.54) is 11.1 Å². The number of ether oxygens (including phenoxy) is 1.